The average molecular weight is 442 g/mol. The minimum absolute atomic E-state index is 0.0199. The Morgan fingerprint density at radius 1 is 1.06 bits per heavy atom. The van der Waals surface area contributed by atoms with Gasteiger partial charge >= 0.3 is 0 Å². The third kappa shape index (κ3) is 5.43. The van der Waals surface area contributed by atoms with Crippen LogP contribution in [-0.2, 0) is 11.4 Å². The van der Waals surface area contributed by atoms with Crippen LogP contribution in [0.5, 0.6) is 11.5 Å². The zero-order valence-electron chi connectivity index (χ0n) is 17.2. The van der Waals surface area contributed by atoms with Crippen LogP contribution >= 0.6 is 11.8 Å². The maximum Gasteiger partial charge on any atom is 0.293 e. The van der Waals surface area contributed by atoms with Gasteiger partial charge in [0.15, 0.2) is 11.5 Å². The van der Waals surface area contributed by atoms with Crippen LogP contribution in [0.15, 0.2) is 47.4 Å². The van der Waals surface area contributed by atoms with Crippen LogP contribution < -0.4 is 9.47 Å². The summed E-state index contributed by atoms with van der Waals surface area (Å²) in [6, 6.07) is 11.4. The molecule has 1 aliphatic heterocycles. The van der Waals surface area contributed by atoms with Gasteiger partial charge in [0, 0.05) is 18.7 Å². The van der Waals surface area contributed by atoms with Crippen molar-refractivity contribution in [1.29, 1.82) is 0 Å². The monoisotopic (exact) mass is 442 g/mol. The number of thioether (sulfide) groups is 1. The van der Waals surface area contributed by atoms with Crippen molar-refractivity contribution in [2.45, 2.75) is 26.9 Å². The lowest BCUT2D eigenvalue weighted by Crippen LogP contribution is -2.28. The number of rotatable bonds is 9. The van der Waals surface area contributed by atoms with Gasteiger partial charge in [-0.2, -0.15) is 0 Å². The normalized spacial score (nSPS) is 14.9. The van der Waals surface area contributed by atoms with E-state index in [4.69, 9.17) is 9.47 Å². The van der Waals surface area contributed by atoms with Crippen molar-refractivity contribution < 1.29 is 24.0 Å². The van der Waals surface area contributed by atoms with E-state index in [1.54, 1.807) is 36.4 Å². The van der Waals surface area contributed by atoms with Gasteiger partial charge in [0.1, 0.15) is 6.61 Å². The molecule has 2 aromatic rings. The minimum Gasteiger partial charge on any atom is -0.490 e. The Labute approximate surface area is 184 Å². The molecule has 1 heterocycles. The first kappa shape index (κ1) is 22.4. The molecule has 1 aliphatic rings. The number of nitro benzene ring substituents is 1. The van der Waals surface area contributed by atoms with Gasteiger partial charge in [-0.05, 0) is 66.6 Å². The smallest absolute Gasteiger partial charge is 0.293 e. The molecule has 2 amide bonds. The zero-order valence-corrected chi connectivity index (χ0v) is 18.0. The van der Waals surface area contributed by atoms with E-state index < -0.39 is 4.92 Å². The summed E-state index contributed by atoms with van der Waals surface area (Å²) in [5.41, 5.74) is 1.52. The number of imide groups is 1. The molecule has 1 fully saturated rings. The Morgan fingerprint density at radius 3 is 2.45 bits per heavy atom. The second-order valence-corrected chi connectivity index (χ2v) is 7.68. The molecule has 162 valence electrons. The molecule has 31 heavy (non-hydrogen) atoms. The van der Waals surface area contributed by atoms with Gasteiger partial charge in [-0.1, -0.05) is 13.0 Å². The van der Waals surface area contributed by atoms with Crippen LogP contribution in [0.25, 0.3) is 6.08 Å². The van der Waals surface area contributed by atoms with Gasteiger partial charge in [0.05, 0.1) is 16.4 Å². The lowest BCUT2D eigenvalue weighted by molar-refractivity contribution is -0.384. The van der Waals surface area contributed by atoms with Crippen LogP contribution in [0, 0.1) is 10.1 Å². The van der Waals surface area contributed by atoms with E-state index in [1.165, 1.54) is 17.0 Å². The third-order valence-electron chi connectivity index (χ3n) is 4.43. The Bertz CT molecular complexity index is 1020. The number of amides is 2. The lowest BCUT2D eigenvalue weighted by atomic mass is 10.1. The molecule has 0 N–H and O–H groups in total. The number of hydrogen-bond donors (Lipinski definition) is 0. The number of ether oxygens (including phenoxy) is 2. The number of carbonyl (C=O) groups excluding carboxylic acids is 2. The molecule has 1 saturated heterocycles. The summed E-state index contributed by atoms with van der Waals surface area (Å²) in [6.07, 6.45) is 2.38. The molecule has 0 radical (unpaired) electrons. The molecule has 0 saturated carbocycles. The maximum absolute atomic E-state index is 12.4. The van der Waals surface area contributed by atoms with Gasteiger partial charge in [-0.15, -0.1) is 0 Å². The Morgan fingerprint density at radius 2 is 1.81 bits per heavy atom. The van der Waals surface area contributed by atoms with Crippen molar-refractivity contribution in [2.75, 3.05) is 13.2 Å². The second-order valence-electron chi connectivity index (χ2n) is 6.68. The van der Waals surface area contributed by atoms with Crippen LogP contribution in [0.2, 0.25) is 0 Å². The fourth-order valence-electron chi connectivity index (χ4n) is 2.94. The second kappa shape index (κ2) is 10.1. The molecule has 3 rings (SSSR count). The highest BCUT2D eigenvalue weighted by Gasteiger charge is 2.34. The van der Waals surface area contributed by atoms with E-state index in [2.05, 4.69) is 0 Å². The summed E-state index contributed by atoms with van der Waals surface area (Å²) in [7, 11) is 0. The number of carbonyl (C=O) groups is 2. The summed E-state index contributed by atoms with van der Waals surface area (Å²) in [5, 5.41) is 10.5. The highest BCUT2D eigenvalue weighted by Crippen LogP contribution is 2.35. The zero-order chi connectivity index (χ0) is 22.4. The predicted molar refractivity (Wildman–Crippen MR) is 118 cm³/mol. The lowest BCUT2D eigenvalue weighted by Gasteiger charge is -2.13. The van der Waals surface area contributed by atoms with Gasteiger partial charge in [0.2, 0.25) is 0 Å². The third-order valence-corrected chi connectivity index (χ3v) is 5.34. The largest absolute Gasteiger partial charge is 0.490 e. The Balaban J connectivity index is 1.76. The van der Waals surface area contributed by atoms with E-state index in [1.807, 2.05) is 13.8 Å². The summed E-state index contributed by atoms with van der Waals surface area (Å²) < 4.78 is 11.5. The summed E-state index contributed by atoms with van der Waals surface area (Å²) in [6.45, 7) is 4.80. The predicted octanol–water partition coefficient (Wildman–Crippen LogP) is 5.02. The Hall–Kier alpha value is -3.33. The highest BCUT2D eigenvalue weighted by atomic mass is 32.2. The molecule has 0 atom stereocenters. The molecular weight excluding hydrogens is 420 g/mol. The molecule has 2 aromatic carbocycles. The van der Waals surface area contributed by atoms with Crippen molar-refractivity contribution >= 4 is 34.7 Å². The van der Waals surface area contributed by atoms with Crippen molar-refractivity contribution in [3.63, 3.8) is 0 Å². The SMILES string of the molecule is CCCN1C(=O)S/C(=C/c2ccc(OCc3ccc([N+](=O)[O-])cc3)c(OCC)c2)C1=O. The van der Waals surface area contributed by atoms with E-state index in [-0.39, 0.29) is 23.4 Å². The first-order valence-corrected chi connectivity index (χ1v) is 10.6. The summed E-state index contributed by atoms with van der Waals surface area (Å²) in [5.74, 6) is 0.732. The molecule has 0 aliphatic carbocycles. The van der Waals surface area contributed by atoms with E-state index in [0.717, 1.165) is 17.3 Å². The highest BCUT2D eigenvalue weighted by molar-refractivity contribution is 8.18. The number of benzene rings is 2. The molecule has 0 unspecified atom stereocenters. The van der Waals surface area contributed by atoms with Crippen molar-refractivity contribution in [1.82, 2.24) is 4.90 Å². The number of non-ortho nitro benzene ring substituents is 1. The fourth-order valence-corrected chi connectivity index (χ4v) is 3.81. The molecule has 0 aromatic heterocycles. The van der Waals surface area contributed by atoms with Crippen molar-refractivity contribution in [3.8, 4) is 11.5 Å². The fraction of sp³-hybridized carbons (Fsp3) is 0.273. The average Bonchev–Trinajstić information content (AvgIpc) is 3.01. The quantitative estimate of drug-likeness (QED) is 0.305. The van der Waals surface area contributed by atoms with Crippen molar-refractivity contribution in [3.05, 3.63) is 68.6 Å². The first-order valence-electron chi connectivity index (χ1n) is 9.81. The summed E-state index contributed by atoms with van der Waals surface area (Å²) in [4.78, 5) is 36.4. The van der Waals surface area contributed by atoms with Crippen molar-refractivity contribution in [2.24, 2.45) is 0 Å². The molecule has 0 spiro atoms. The summed E-state index contributed by atoms with van der Waals surface area (Å²) >= 11 is 0.929. The standard InChI is InChI=1S/C22H22N2O6S/c1-3-11-23-21(25)20(31-22(23)26)13-16-7-10-18(19(12-16)29-4-2)30-14-15-5-8-17(9-6-15)24(27)28/h5-10,12-13H,3-4,11,14H2,1-2H3/b20-13+. The van der Waals surface area contributed by atoms with Crippen LogP contribution in [0.4, 0.5) is 10.5 Å². The van der Waals surface area contributed by atoms with Crippen LogP contribution in [0.1, 0.15) is 31.4 Å². The molecule has 9 heteroatoms. The van der Waals surface area contributed by atoms with Gasteiger partial charge in [-0.3, -0.25) is 24.6 Å². The number of nitrogens with zero attached hydrogens (tertiary/aromatic N) is 2. The minimum atomic E-state index is -0.451. The topological polar surface area (TPSA) is 99.0 Å². The molecule has 8 nitrogen and oxygen atoms in total. The van der Waals surface area contributed by atoms with Gasteiger partial charge in [0.25, 0.3) is 16.8 Å². The van der Waals surface area contributed by atoms with E-state index in [0.29, 0.717) is 41.5 Å². The van der Waals surface area contributed by atoms with Gasteiger partial charge < -0.3 is 9.47 Å². The van der Waals surface area contributed by atoms with Crippen LogP contribution in [0.3, 0.4) is 0 Å². The van der Waals surface area contributed by atoms with E-state index >= 15 is 0 Å². The molecular formula is C22H22N2O6S. The maximum atomic E-state index is 12.4. The number of hydrogen-bond acceptors (Lipinski definition) is 7. The molecule has 0 bridgehead atoms. The van der Waals surface area contributed by atoms with Gasteiger partial charge in [-0.25, -0.2) is 0 Å². The Kier molecular flexibility index (Phi) is 7.30. The van der Waals surface area contributed by atoms with Crippen LogP contribution in [-0.4, -0.2) is 34.1 Å². The number of nitro groups is 1. The first-order chi connectivity index (χ1) is 14.9. The van der Waals surface area contributed by atoms with E-state index in [9.17, 15) is 19.7 Å².